The Hall–Kier alpha value is 1.94. The molecule has 0 aromatic rings. The third-order valence-corrected chi connectivity index (χ3v) is 0. The Kier molecular flexibility index (Phi) is 20.7. The Balaban J connectivity index is 0. The molecule has 0 heterocycles. The van der Waals surface area contributed by atoms with Crippen LogP contribution in [-0.2, 0) is 20.1 Å². The summed E-state index contributed by atoms with van der Waals surface area (Å²) in [4.78, 5) is 0. The third-order valence-electron chi connectivity index (χ3n) is 0. The summed E-state index contributed by atoms with van der Waals surface area (Å²) in [5.41, 5.74) is 0. The fraction of sp³-hybridized carbons (Fsp3) is 0. The first-order chi connectivity index (χ1) is 1.41. The molecule has 0 aliphatic heterocycles. The van der Waals surface area contributed by atoms with E-state index in [1.54, 1.807) is 0 Å². The minimum absolute atomic E-state index is 0. The van der Waals surface area contributed by atoms with Crippen LogP contribution in [0, 0.1) is 0 Å². The maximum absolute atomic E-state index is 2.57. The molecule has 4 heteroatoms. The average Bonchev–Trinajstić information content (AvgIpc) is 0.918. The smallest absolute Gasteiger partial charge is 0 e. The van der Waals surface area contributed by atoms with Gasteiger partial charge in [-0.05, 0) is 0 Å². The Bertz CT molecular complexity index is 3.25. The molecule has 0 saturated heterocycles. The van der Waals surface area contributed by atoms with Crippen LogP contribution in [0.1, 0.15) is 0 Å². The molecule has 0 fully saturated rings. The fourth-order valence-electron chi connectivity index (χ4n) is 0. The second-order valence-electron chi connectivity index (χ2n) is 0.167. The van der Waals surface area contributed by atoms with Crippen molar-refractivity contribution in [2.45, 2.75) is 0 Å². The molecule has 0 aliphatic carbocycles. The van der Waals surface area contributed by atoms with Crippen molar-refractivity contribution in [1.29, 1.82) is 0 Å². The van der Waals surface area contributed by atoms with E-state index in [0.717, 1.165) is 7.96 Å². The predicted molar refractivity (Wildman–Crippen MR) is 27.7 cm³/mol. The van der Waals surface area contributed by atoms with Crippen LogP contribution in [-0.4, -0.2) is 0 Å². The Morgan fingerprint density at radius 3 is 1.25 bits per heavy atom. The second kappa shape index (κ2) is 8.87. The minimum atomic E-state index is 0. The van der Waals surface area contributed by atoms with Gasteiger partial charge in [-0.2, -0.15) is 0 Å². The first-order valence-corrected chi connectivity index (χ1v) is 5.20. The minimum Gasteiger partial charge on any atom is -0.110 e. The zero-order chi connectivity index (χ0) is 2.71. The molecule has 0 aliphatic rings. The van der Waals surface area contributed by atoms with Gasteiger partial charge in [-0.15, -0.1) is 17.9 Å². The number of rotatable bonds is 0. The second-order valence-corrected chi connectivity index (χ2v) is 4.50. The molecule has 0 aromatic heterocycles. The number of hydrogen-bond donors (Lipinski definition) is 0. The third kappa shape index (κ3) is 9.05. The van der Waals surface area contributed by atoms with Crippen LogP contribution in [0.15, 0.2) is 0 Å². The van der Waals surface area contributed by atoms with E-state index in [9.17, 15) is 0 Å². The molecule has 1 radical (unpaired) electrons. The molecule has 0 rings (SSSR count). The van der Waals surface area contributed by atoms with Gasteiger partial charge < -0.3 is 0 Å². The molecule has 0 bridgehead atoms. The van der Waals surface area contributed by atoms with Gasteiger partial charge in [0.25, 0.3) is 0 Å². The Morgan fingerprint density at radius 2 is 1.25 bits per heavy atom. The zero-order valence-electron chi connectivity index (χ0n) is 1.99. The maximum atomic E-state index is 2.57. The van der Waals surface area contributed by atoms with E-state index in [-0.39, 0.29) is 20.1 Å². The van der Waals surface area contributed by atoms with Crippen LogP contribution in [0.3, 0.4) is 0 Å². The van der Waals surface area contributed by atoms with Gasteiger partial charge in [0.05, 0.1) is 0 Å². The average molecular weight is 290 g/mol. The molecule has 0 nitrogen and oxygen atoms in total. The molecule has 29 valence electrons. The van der Waals surface area contributed by atoms with E-state index >= 15 is 0 Å². The zero-order valence-corrected chi connectivity index (χ0v) is 7.69. The van der Waals surface area contributed by atoms with E-state index in [4.69, 9.17) is 0 Å². The summed E-state index contributed by atoms with van der Waals surface area (Å²) < 4.78 is 0. The van der Waals surface area contributed by atoms with E-state index in [2.05, 4.69) is 17.9 Å². The molecule has 0 spiro atoms. The molecule has 0 aromatic carbocycles. The summed E-state index contributed by atoms with van der Waals surface area (Å²) in [6, 6.07) is 0. The van der Waals surface area contributed by atoms with Gasteiger partial charge in [0, 0.05) is 20.1 Å². The van der Waals surface area contributed by atoms with Crippen molar-refractivity contribution in [2.75, 3.05) is 0 Å². The summed E-state index contributed by atoms with van der Waals surface area (Å²) in [5.74, 6) is 0. The quantitative estimate of drug-likeness (QED) is 0.589. The van der Waals surface area contributed by atoms with Gasteiger partial charge in [-0.25, -0.2) is 0 Å². The van der Waals surface area contributed by atoms with Crippen molar-refractivity contribution in [2.24, 2.45) is 0 Å². The van der Waals surface area contributed by atoms with Crippen LogP contribution in [0.25, 0.3) is 0 Å². The van der Waals surface area contributed by atoms with E-state index in [1.807, 2.05) is 0 Å². The normalized spacial score (nSPS) is 4.50. The van der Waals surface area contributed by atoms with Crippen molar-refractivity contribution in [1.82, 2.24) is 0 Å². The first-order valence-electron chi connectivity index (χ1n) is 0.577. The summed E-state index contributed by atoms with van der Waals surface area (Å²) in [6.07, 6.45) is 0. The van der Waals surface area contributed by atoms with Crippen LogP contribution >= 0.6 is 25.8 Å². The van der Waals surface area contributed by atoms with Crippen molar-refractivity contribution < 1.29 is 20.1 Å². The van der Waals surface area contributed by atoms with Crippen molar-refractivity contribution >= 4 is 25.8 Å². The topological polar surface area (TPSA) is 0 Å². The van der Waals surface area contributed by atoms with Crippen LogP contribution < -0.4 is 0 Å². The number of hydrogen-bond acceptors (Lipinski definition) is 0. The van der Waals surface area contributed by atoms with Gasteiger partial charge in [0.2, 0.25) is 0 Å². The van der Waals surface area contributed by atoms with Gasteiger partial charge in [0.1, 0.15) is 0 Å². The summed E-state index contributed by atoms with van der Waals surface area (Å²) in [5, 5.41) is 0. The van der Waals surface area contributed by atoms with Crippen molar-refractivity contribution in [3.8, 4) is 0 Å². The summed E-state index contributed by atoms with van der Waals surface area (Å²) in [6.45, 7) is 0. The molecule has 2 atom stereocenters. The molecular weight excluding hydrogens is 285 g/mol. The molecule has 0 N–H and O–H groups in total. The van der Waals surface area contributed by atoms with Gasteiger partial charge >= 0.3 is 0 Å². The SMILES string of the molecule is PPP.[Ir]. The van der Waals surface area contributed by atoms with Crippen LogP contribution in [0.4, 0.5) is 0 Å². The standard InChI is InChI=1S/Ir.H5P3/c;1-3-2/h;3H,1-2H2. The van der Waals surface area contributed by atoms with E-state index in [0.29, 0.717) is 0 Å². The predicted octanol–water partition coefficient (Wildman–Crippen LogP) is 1.24. The van der Waals surface area contributed by atoms with Crippen molar-refractivity contribution in [3.63, 3.8) is 0 Å². The van der Waals surface area contributed by atoms with Gasteiger partial charge in [0.15, 0.2) is 0 Å². The molecule has 0 saturated carbocycles. The summed E-state index contributed by atoms with van der Waals surface area (Å²) >= 11 is 0. The monoisotopic (exact) mass is 291 g/mol. The van der Waals surface area contributed by atoms with Crippen LogP contribution in [0.2, 0.25) is 0 Å². The van der Waals surface area contributed by atoms with E-state index in [1.165, 1.54) is 0 Å². The molecular formula is H5IrP3. The molecule has 0 amide bonds. The van der Waals surface area contributed by atoms with Crippen LogP contribution in [0.5, 0.6) is 0 Å². The van der Waals surface area contributed by atoms with Crippen molar-refractivity contribution in [3.05, 3.63) is 0 Å². The van der Waals surface area contributed by atoms with Gasteiger partial charge in [-0.3, -0.25) is 0 Å². The molecule has 4 heavy (non-hydrogen) atoms. The Morgan fingerprint density at radius 1 is 1.25 bits per heavy atom. The maximum Gasteiger partial charge on any atom is 0 e. The fourth-order valence-corrected chi connectivity index (χ4v) is 0. The first kappa shape index (κ1) is 9.34. The van der Waals surface area contributed by atoms with E-state index < -0.39 is 0 Å². The Labute approximate surface area is 46.2 Å². The largest absolute Gasteiger partial charge is 0.110 e. The molecule has 2 unspecified atom stereocenters. The van der Waals surface area contributed by atoms with Gasteiger partial charge in [-0.1, -0.05) is 7.96 Å². The summed E-state index contributed by atoms with van der Waals surface area (Å²) in [7, 11) is 6.06.